The second-order valence-electron chi connectivity index (χ2n) is 9.17. The van der Waals surface area contributed by atoms with Crippen LogP contribution >= 0.6 is 0 Å². The maximum absolute atomic E-state index is 12.5. The predicted molar refractivity (Wildman–Crippen MR) is 103 cm³/mol. The van der Waals surface area contributed by atoms with Crippen LogP contribution in [0.1, 0.15) is 46.5 Å². The lowest BCUT2D eigenvalue weighted by Crippen LogP contribution is -2.70. The highest BCUT2D eigenvalue weighted by atomic mass is 17.3. The third-order valence-corrected chi connectivity index (χ3v) is 7.34. The summed E-state index contributed by atoms with van der Waals surface area (Å²) >= 11 is 0. The smallest absolute Gasteiger partial charge is 0.413 e. The molecule has 1 aromatic carbocycles. The van der Waals surface area contributed by atoms with Crippen LogP contribution in [0.3, 0.4) is 0 Å². The Labute approximate surface area is 170 Å². The molecule has 8 atom stereocenters. The summed E-state index contributed by atoms with van der Waals surface area (Å²) in [5.41, 5.74) is 0.0288. The van der Waals surface area contributed by atoms with Gasteiger partial charge in [0, 0.05) is 23.9 Å². The topological polar surface area (TPSA) is 75.3 Å². The van der Waals surface area contributed by atoms with Gasteiger partial charge in [-0.3, -0.25) is 5.32 Å². The predicted octanol–water partition coefficient (Wildman–Crippen LogP) is 4.44. The van der Waals surface area contributed by atoms with E-state index < -0.39 is 30.1 Å². The van der Waals surface area contributed by atoms with Crippen LogP contribution in [-0.4, -0.2) is 30.1 Å². The van der Waals surface area contributed by atoms with Crippen molar-refractivity contribution < 1.29 is 28.8 Å². The van der Waals surface area contributed by atoms with E-state index >= 15 is 0 Å². The molecular formula is C22H29NO6. The Kier molecular flexibility index (Phi) is 4.62. The molecule has 7 heteroatoms. The number of benzene rings is 1. The summed E-state index contributed by atoms with van der Waals surface area (Å²) in [6.45, 7) is 6.22. The second kappa shape index (κ2) is 6.94. The normalized spacial score (nSPS) is 45.8. The molecule has 0 aromatic heterocycles. The van der Waals surface area contributed by atoms with Crippen LogP contribution in [0.2, 0.25) is 0 Å². The van der Waals surface area contributed by atoms with Gasteiger partial charge in [-0.05, 0) is 50.2 Å². The molecule has 1 aromatic rings. The molecule has 1 aliphatic carbocycles. The molecule has 7 nitrogen and oxygen atoms in total. The van der Waals surface area contributed by atoms with Crippen molar-refractivity contribution >= 4 is 11.8 Å². The number of anilines is 1. The van der Waals surface area contributed by atoms with Crippen molar-refractivity contribution in [2.24, 2.45) is 23.7 Å². The third kappa shape index (κ3) is 3.06. The minimum absolute atomic E-state index is 0.0440. The highest BCUT2D eigenvalue weighted by Gasteiger charge is 2.69. The molecule has 4 aliphatic heterocycles. The van der Waals surface area contributed by atoms with Gasteiger partial charge >= 0.3 is 6.09 Å². The van der Waals surface area contributed by atoms with Crippen molar-refractivity contribution in [2.75, 3.05) is 5.32 Å². The number of para-hydroxylation sites is 1. The number of hydrogen-bond acceptors (Lipinski definition) is 6. The van der Waals surface area contributed by atoms with E-state index in [1.54, 1.807) is 0 Å². The Morgan fingerprint density at radius 2 is 1.90 bits per heavy atom. The van der Waals surface area contributed by atoms with E-state index in [-0.39, 0.29) is 17.8 Å². The summed E-state index contributed by atoms with van der Waals surface area (Å²) < 4.78 is 18.2. The van der Waals surface area contributed by atoms with Crippen molar-refractivity contribution in [1.82, 2.24) is 0 Å². The van der Waals surface area contributed by atoms with Crippen LogP contribution in [-0.2, 0) is 24.0 Å². The number of rotatable bonds is 2. The molecule has 5 aliphatic rings. The zero-order valence-corrected chi connectivity index (χ0v) is 17.1. The fourth-order valence-electron chi connectivity index (χ4n) is 5.78. The van der Waals surface area contributed by atoms with E-state index in [1.165, 1.54) is 0 Å². The minimum atomic E-state index is -0.838. The molecule has 4 heterocycles. The van der Waals surface area contributed by atoms with Gasteiger partial charge in [-0.15, -0.1) is 0 Å². The molecule has 5 fully saturated rings. The summed E-state index contributed by atoms with van der Waals surface area (Å²) in [4.78, 5) is 24.4. The van der Waals surface area contributed by atoms with Crippen LogP contribution < -0.4 is 5.32 Å². The van der Waals surface area contributed by atoms with E-state index in [1.807, 2.05) is 37.3 Å². The van der Waals surface area contributed by atoms with E-state index in [0.717, 1.165) is 25.7 Å². The Bertz CT molecular complexity index is 774. The lowest BCUT2D eigenvalue weighted by molar-refractivity contribution is -0.576. The Hall–Kier alpha value is -1.67. The molecule has 158 valence electrons. The zero-order valence-electron chi connectivity index (χ0n) is 17.1. The van der Waals surface area contributed by atoms with Crippen LogP contribution in [0.25, 0.3) is 0 Å². The van der Waals surface area contributed by atoms with Gasteiger partial charge in [-0.2, -0.15) is 0 Å². The molecule has 0 radical (unpaired) electrons. The first-order chi connectivity index (χ1) is 13.9. The Balaban J connectivity index is 1.39. The van der Waals surface area contributed by atoms with E-state index in [2.05, 4.69) is 19.2 Å². The standard InChI is InChI=1S/C22H29NO6/c1-13-9-10-17-14(2)18(26-20(24)23-15-7-5-4-6-8-15)25-19-22(17)16(13)11-12-21(3,27-19)28-29-22/h4-8,13-14,16-19H,9-12H2,1-3H3,(H,23,24)/t13-,14-,16?,17?,18-,19-,21+,22-/m1/s1. The number of fused-ring (bicyclic) bond motifs is 2. The van der Waals surface area contributed by atoms with Gasteiger partial charge < -0.3 is 14.2 Å². The average Bonchev–Trinajstić information content (AvgIpc) is 2.93. The largest absolute Gasteiger partial charge is 0.419 e. The fraction of sp³-hybridized carbons (Fsp3) is 0.682. The Morgan fingerprint density at radius 3 is 2.69 bits per heavy atom. The molecule has 6 rings (SSSR count). The number of carbonyl (C=O) groups excluding carboxylic acids is 1. The number of carbonyl (C=O) groups is 1. The van der Waals surface area contributed by atoms with Gasteiger partial charge in [-0.1, -0.05) is 32.0 Å². The first-order valence-electron chi connectivity index (χ1n) is 10.6. The third-order valence-electron chi connectivity index (χ3n) is 7.34. The maximum atomic E-state index is 12.5. The maximum Gasteiger partial charge on any atom is 0.413 e. The molecule has 2 unspecified atom stereocenters. The number of nitrogens with one attached hydrogen (secondary N) is 1. The van der Waals surface area contributed by atoms with Crippen LogP contribution in [0, 0.1) is 23.7 Å². The molecule has 2 bridgehead atoms. The van der Waals surface area contributed by atoms with Crippen LogP contribution in [0.4, 0.5) is 10.5 Å². The fourth-order valence-corrected chi connectivity index (χ4v) is 5.78. The molecular weight excluding hydrogens is 374 g/mol. The minimum Gasteiger partial charge on any atom is -0.419 e. The van der Waals surface area contributed by atoms with Crippen molar-refractivity contribution in [1.29, 1.82) is 0 Å². The number of hydrogen-bond donors (Lipinski definition) is 1. The summed E-state index contributed by atoms with van der Waals surface area (Å²) in [7, 11) is 0. The molecule has 1 amide bonds. The van der Waals surface area contributed by atoms with E-state index in [0.29, 0.717) is 11.6 Å². The molecule has 1 N–H and O–H groups in total. The van der Waals surface area contributed by atoms with Gasteiger partial charge in [0.1, 0.15) is 0 Å². The molecule has 4 saturated heterocycles. The van der Waals surface area contributed by atoms with Gasteiger partial charge in [0.2, 0.25) is 12.1 Å². The quantitative estimate of drug-likeness (QED) is 0.736. The van der Waals surface area contributed by atoms with Crippen molar-refractivity contribution in [3.63, 3.8) is 0 Å². The summed E-state index contributed by atoms with van der Waals surface area (Å²) in [5, 5.41) is 2.76. The van der Waals surface area contributed by atoms with Crippen LogP contribution in [0.15, 0.2) is 30.3 Å². The number of amides is 1. The molecule has 29 heavy (non-hydrogen) atoms. The van der Waals surface area contributed by atoms with Gasteiger partial charge in [0.15, 0.2) is 11.9 Å². The summed E-state index contributed by atoms with van der Waals surface area (Å²) in [6.07, 6.45) is 1.93. The monoisotopic (exact) mass is 403 g/mol. The highest BCUT2D eigenvalue weighted by Crippen LogP contribution is 2.60. The lowest BCUT2D eigenvalue weighted by Gasteiger charge is -2.59. The number of ether oxygens (including phenoxy) is 3. The molecule has 1 saturated carbocycles. The van der Waals surface area contributed by atoms with Crippen molar-refractivity contribution in [3.8, 4) is 0 Å². The second-order valence-corrected chi connectivity index (χ2v) is 9.17. The first kappa shape index (κ1) is 19.3. The highest BCUT2D eigenvalue weighted by molar-refractivity contribution is 5.84. The van der Waals surface area contributed by atoms with Gasteiger partial charge in [0.25, 0.3) is 0 Å². The summed E-state index contributed by atoms with van der Waals surface area (Å²) in [6, 6.07) is 9.23. The lowest BCUT2D eigenvalue weighted by atomic mass is 9.58. The zero-order chi connectivity index (χ0) is 20.2. The van der Waals surface area contributed by atoms with E-state index in [4.69, 9.17) is 24.0 Å². The average molecular weight is 403 g/mol. The first-order valence-corrected chi connectivity index (χ1v) is 10.6. The SMILES string of the molecule is C[C@@H]1CCC2[C@@H](C)[C@@H](OC(=O)Nc3ccccc3)O[C@@H]3O[C@]4(C)CCC1[C@@]23OO4. The van der Waals surface area contributed by atoms with Crippen LogP contribution in [0.5, 0.6) is 0 Å². The van der Waals surface area contributed by atoms with E-state index in [9.17, 15) is 4.79 Å². The summed E-state index contributed by atoms with van der Waals surface area (Å²) in [5.74, 6) is 0.0276. The van der Waals surface area contributed by atoms with Gasteiger partial charge in [-0.25, -0.2) is 14.6 Å². The van der Waals surface area contributed by atoms with Crippen molar-refractivity contribution in [3.05, 3.63) is 30.3 Å². The molecule has 1 spiro atoms. The van der Waals surface area contributed by atoms with Crippen molar-refractivity contribution in [2.45, 2.75) is 70.4 Å². The Morgan fingerprint density at radius 1 is 1.10 bits per heavy atom. The van der Waals surface area contributed by atoms with Gasteiger partial charge in [0.05, 0.1) is 0 Å².